The Morgan fingerprint density at radius 1 is 1.47 bits per heavy atom. The van der Waals surface area contributed by atoms with Gasteiger partial charge in [0.25, 0.3) is 5.91 Å². The van der Waals surface area contributed by atoms with E-state index in [-0.39, 0.29) is 11.6 Å². The lowest BCUT2D eigenvalue weighted by molar-refractivity contribution is -0.142. The molecule has 1 atom stereocenters. The zero-order valence-electron chi connectivity index (χ0n) is 10.8. The van der Waals surface area contributed by atoms with E-state index in [1.54, 1.807) is 11.8 Å². The van der Waals surface area contributed by atoms with Gasteiger partial charge in [-0.1, -0.05) is 0 Å². The molecule has 1 amide bonds. The van der Waals surface area contributed by atoms with E-state index in [1.807, 2.05) is 0 Å². The first-order valence-electron chi connectivity index (χ1n) is 6.16. The third-order valence-corrected chi connectivity index (χ3v) is 2.95. The molecule has 0 aromatic heterocycles. The fraction of sp³-hybridized carbons (Fsp3) is 0.462. The van der Waals surface area contributed by atoms with Crippen molar-refractivity contribution in [1.29, 1.82) is 0 Å². The van der Waals surface area contributed by atoms with Crippen molar-refractivity contribution in [3.05, 3.63) is 24.0 Å². The monoisotopic (exact) mass is 268 g/mol. The summed E-state index contributed by atoms with van der Waals surface area (Å²) in [6, 6.07) is 3.84. The van der Waals surface area contributed by atoms with Crippen LogP contribution in [0.3, 0.4) is 0 Å². The minimum atomic E-state index is -0.661. The zero-order chi connectivity index (χ0) is 13.8. The van der Waals surface area contributed by atoms with Crippen LogP contribution in [0, 0.1) is 5.82 Å². The van der Waals surface area contributed by atoms with Crippen LogP contribution in [0.15, 0.2) is 18.2 Å². The second-order valence-corrected chi connectivity index (χ2v) is 4.38. The van der Waals surface area contributed by atoms with E-state index in [2.05, 4.69) is 0 Å². The van der Waals surface area contributed by atoms with Gasteiger partial charge in [-0.3, -0.25) is 4.79 Å². The van der Waals surface area contributed by atoms with Crippen LogP contribution >= 0.6 is 0 Å². The third kappa shape index (κ3) is 3.35. The molecule has 0 bridgehead atoms. The zero-order valence-corrected chi connectivity index (χ0v) is 10.8. The summed E-state index contributed by atoms with van der Waals surface area (Å²) in [4.78, 5) is 13.8. The number of ether oxygens (including phenoxy) is 2. The molecule has 6 heteroatoms. The van der Waals surface area contributed by atoms with Crippen LogP contribution < -0.4 is 10.5 Å². The standard InChI is InChI=1S/C13H17FN2O3/c1-9(13(17)16-4-6-18-7-5-16)19-12-3-2-10(14)8-11(12)15/h2-3,8-9H,4-7,15H2,1H3. The highest BCUT2D eigenvalue weighted by molar-refractivity contribution is 5.81. The van der Waals surface area contributed by atoms with Crippen LogP contribution in [0.1, 0.15) is 6.92 Å². The maximum absolute atomic E-state index is 12.9. The van der Waals surface area contributed by atoms with Crippen molar-refractivity contribution in [2.24, 2.45) is 0 Å². The summed E-state index contributed by atoms with van der Waals surface area (Å²) in [5, 5.41) is 0. The normalized spacial score (nSPS) is 17.1. The van der Waals surface area contributed by atoms with Crippen molar-refractivity contribution in [2.45, 2.75) is 13.0 Å². The number of rotatable bonds is 3. The molecule has 1 fully saturated rings. The van der Waals surface area contributed by atoms with Crippen LogP contribution in [-0.4, -0.2) is 43.2 Å². The lowest BCUT2D eigenvalue weighted by atomic mass is 10.2. The summed E-state index contributed by atoms with van der Waals surface area (Å²) < 4.78 is 23.6. The number of nitrogens with zero attached hydrogens (tertiary/aromatic N) is 1. The molecule has 0 saturated carbocycles. The van der Waals surface area contributed by atoms with Gasteiger partial charge in [0.05, 0.1) is 18.9 Å². The van der Waals surface area contributed by atoms with Crippen LogP contribution in [-0.2, 0) is 9.53 Å². The van der Waals surface area contributed by atoms with E-state index in [9.17, 15) is 9.18 Å². The molecule has 2 N–H and O–H groups in total. The Balaban J connectivity index is 1.99. The number of benzene rings is 1. The van der Waals surface area contributed by atoms with E-state index < -0.39 is 11.9 Å². The number of anilines is 1. The molecular formula is C13H17FN2O3. The second kappa shape index (κ2) is 5.88. The quantitative estimate of drug-likeness (QED) is 0.832. The lowest BCUT2D eigenvalue weighted by Gasteiger charge is -2.29. The third-order valence-electron chi connectivity index (χ3n) is 2.95. The molecule has 0 radical (unpaired) electrons. The predicted octanol–water partition coefficient (Wildman–Crippen LogP) is 1.03. The number of hydrogen-bond donors (Lipinski definition) is 1. The van der Waals surface area contributed by atoms with Crippen LogP contribution in [0.4, 0.5) is 10.1 Å². The number of morpholine rings is 1. The van der Waals surface area contributed by atoms with Crippen molar-refractivity contribution >= 4 is 11.6 Å². The largest absolute Gasteiger partial charge is 0.479 e. The smallest absolute Gasteiger partial charge is 0.263 e. The summed E-state index contributed by atoms with van der Waals surface area (Å²) in [5.74, 6) is -0.237. The van der Waals surface area contributed by atoms with E-state index in [1.165, 1.54) is 18.2 Å². The first-order chi connectivity index (χ1) is 9.08. The van der Waals surface area contributed by atoms with Gasteiger partial charge in [-0.05, 0) is 19.1 Å². The van der Waals surface area contributed by atoms with E-state index in [0.717, 1.165) is 0 Å². The molecule has 104 valence electrons. The Labute approximate surface area is 111 Å². The van der Waals surface area contributed by atoms with E-state index in [4.69, 9.17) is 15.2 Å². The Bertz CT molecular complexity index is 461. The van der Waals surface area contributed by atoms with Gasteiger partial charge in [-0.25, -0.2) is 4.39 Å². The fourth-order valence-corrected chi connectivity index (χ4v) is 1.91. The van der Waals surface area contributed by atoms with Crippen LogP contribution in [0.25, 0.3) is 0 Å². The molecule has 1 aromatic rings. The molecule has 19 heavy (non-hydrogen) atoms. The second-order valence-electron chi connectivity index (χ2n) is 4.38. The Kier molecular flexibility index (Phi) is 4.21. The Hall–Kier alpha value is -1.82. The topological polar surface area (TPSA) is 64.8 Å². The highest BCUT2D eigenvalue weighted by atomic mass is 19.1. The maximum Gasteiger partial charge on any atom is 0.263 e. The lowest BCUT2D eigenvalue weighted by Crippen LogP contribution is -2.46. The van der Waals surface area contributed by atoms with Crippen molar-refractivity contribution in [1.82, 2.24) is 4.90 Å². The van der Waals surface area contributed by atoms with Crippen molar-refractivity contribution in [2.75, 3.05) is 32.0 Å². The number of carbonyl (C=O) groups is 1. The van der Waals surface area contributed by atoms with Crippen molar-refractivity contribution in [3.8, 4) is 5.75 Å². The average molecular weight is 268 g/mol. The van der Waals surface area contributed by atoms with E-state index >= 15 is 0 Å². The molecular weight excluding hydrogens is 251 g/mol. The maximum atomic E-state index is 12.9. The molecule has 0 aliphatic carbocycles. The van der Waals surface area contributed by atoms with Gasteiger partial charge in [0, 0.05) is 19.2 Å². The first-order valence-corrected chi connectivity index (χ1v) is 6.16. The average Bonchev–Trinajstić information content (AvgIpc) is 2.42. The summed E-state index contributed by atoms with van der Waals surface area (Å²) in [5.41, 5.74) is 5.82. The van der Waals surface area contributed by atoms with Crippen molar-refractivity contribution in [3.63, 3.8) is 0 Å². The molecule has 1 saturated heterocycles. The van der Waals surface area contributed by atoms with Gasteiger partial charge >= 0.3 is 0 Å². The number of nitrogen functional groups attached to an aromatic ring is 1. The highest BCUT2D eigenvalue weighted by Gasteiger charge is 2.24. The SMILES string of the molecule is CC(Oc1ccc(F)cc1N)C(=O)N1CCOCC1. The summed E-state index contributed by atoms with van der Waals surface area (Å²) >= 11 is 0. The molecule has 5 nitrogen and oxygen atoms in total. The van der Waals surface area contributed by atoms with Gasteiger partial charge in [-0.15, -0.1) is 0 Å². The molecule has 0 spiro atoms. The minimum Gasteiger partial charge on any atom is -0.479 e. The number of hydrogen-bond acceptors (Lipinski definition) is 4. The molecule has 1 heterocycles. The molecule has 2 rings (SSSR count). The Morgan fingerprint density at radius 2 is 2.16 bits per heavy atom. The highest BCUT2D eigenvalue weighted by Crippen LogP contribution is 2.23. The Morgan fingerprint density at radius 3 is 2.79 bits per heavy atom. The van der Waals surface area contributed by atoms with Gasteiger partial charge < -0.3 is 20.1 Å². The number of nitrogens with two attached hydrogens (primary N) is 1. The summed E-state index contributed by atoms with van der Waals surface area (Å²) in [6.45, 7) is 3.85. The molecule has 1 aliphatic rings. The first kappa shape index (κ1) is 13.6. The molecule has 1 aliphatic heterocycles. The van der Waals surface area contributed by atoms with Crippen LogP contribution in [0.2, 0.25) is 0 Å². The number of amides is 1. The van der Waals surface area contributed by atoms with Crippen LogP contribution in [0.5, 0.6) is 5.75 Å². The molecule has 1 unspecified atom stereocenters. The summed E-state index contributed by atoms with van der Waals surface area (Å²) in [6.07, 6.45) is -0.661. The minimum absolute atomic E-state index is 0.118. The fourth-order valence-electron chi connectivity index (χ4n) is 1.91. The van der Waals surface area contributed by atoms with E-state index in [0.29, 0.717) is 32.1 Å². The van der Waals surface area contributed by atoms with Gasteiger partial charge in [0.1, 0.15) is 11.6 Å². The number of halogens is 1. The van der Waals surface area contributed by atoms with Gasteiger partial charge in [-0.2, -0.15) is 0 Å². The van der Waals surface area contributed by atoms with Gasteiger partial charge in [0.15, 0.2) is 6.10 Å². The van der Waals surface area contributed by atoms with Crippen molar-refractivity contribution < 1.29 is 18.7 Å². The molecule has 1 aromatic carbocycles. The number of carbonyl (C=O) groups excluding carboxylic acids is 1. The summed E-state index contributed by atoms with van der Waals surface area (Å²) in [7, 11) is 0. The van der Waals surface area contributed by atoms with Gasteiger partial charge in [0.2, 0.25) is 0 Å². The predicted molar refractivity (Wildman–Crippen MR) is 68.3 cm³/mol.